The summed E-state index contributed by atoms with van der Waals surface area (Å²) in [5.74, 6) is 0.686. The van der Waals surface area contributed by atoms with Crippen LogP contribution in [0.25, 0.3) is 0 Å². The monoisotopic (exact) mass is 370 g/mol. The molecule has 0 spiro atoms. The highest BCUT2D eigenvalue weighted by atomic mass is 35.5. The third-order valence-corrected chi connectivity index (χ3v) is 5.86. The van der Waals surface area contributed by atoms with Crippen LogP contribution in [0.15, 0.2) is 24.3 Å². The summed E-state index contributed by atoms with van der Waals surface area (Å²) in [6.07, 6.45) is 6.32. The van der Waals surface area contributed by atoms with Gasteiger partial charge in [0.25, 0.3) is 0 Å². The number of halogens is 2. The molecule has 3 rings (SSSR count). The van der Waals surface area contributed by atoms with Gasteiger partial charge < -0.3 is 10.6 Å². The molecule has 1 aromatic rings. The third-order valence-electron chi connectivity index (χ3n) is 5.62. The zero-order valence-corrected chi connectivity index (χ0v) is 15.9. The minimum atomic E-state index is -0.395. The molecule has 1 aliphatic carbocycles. The number of piperidine rings is 1. The minimum absolute atomic E-state index is 0. The molecule has 1 heterocycles. The van der Waals surface area contributed by atoms with Crippen molar-refractivity contribution in [2.75, 3.05) is 13.1 Å². The van der Waals surface area contributed by atoms with Crippen molar-refractivity contribution >= 4 is 29.9 Å². The summed E-state index contributed by atoms with van der Waals surface area (Å²) in [5.41, 5.74) is 0.692. The lowest BCUT2D eigenvalue weighted by Crippen LogP contribution is -2.54. The fourth-order valence-corrected chi connectivity index (χ4v) is 4.31. The van der Waals surface area contributed by atoms with E-state index in [2.05, 4.69) is 23.6 Å². The fourth-order valence-electron chi connectivity index (χ4n) is 4.12. The second kappa shape index (κ2) is 8.55. The van der Waals surface area contributed by atoms with Gasteiger partial charge >= 0.3 is 0 Å². The number of nitrogens with one attached hydrogen (secondary N) is 2. The van der Waals surface area contributed by atoms with Crippen LogP contribution in [0.3, 0.4) is 0 Å². The van der Waals surface area contributed by atoms with Crippen molar-refractivity contribution < 1.29 is 4.79 Å². The molecule has 5 heteroatoms. The van der Waals surface area contributed by atoms with Crippen molar-refractivity contribution in [3.8, 4) is 0 Å². The Hall–Kier alpha value is -0.770. The van der Waals surface area contributed by atoms with Gasteiger partial charge in [-0.25, -0.2) is 0 Å². The topological polar surface area (TPSA) is 41.1 Å². The van der Waals surface area contributed by atoms with E-state index in [4.69, 9.17) is 11.6 Å². The van der Waals surface area contributed by atoms with Gasteiger partial charge in [0, 0.05) is 11.1 Å². The first-order valence-electron chi connectivity index (χ1n) is 8.89. The maximum absolute atomic E-state index is 13.3. The summed E-state index contributed by atoms with van der Waals surface area (Å²) in [4.78, 5) is 13.3. The van der Waals surface area contributed by atoms with Gasteiger partial charge in [-0.05, 0) is 56.0 Å². The Morgan fingerprint density at radius 1 is 1.29 bits per heavy atom. The van der Waals surface area contributed by atoms with Gasteiger partial charge in [-0.3, -0.25) is 4.79 Å². The van der Waals surface area contributed by atoms with Crippen molar-refractivity contribution in [2.24, 2.45) is 5.92 Å². The Kier molecular flexibility index (Phi) is 6.97. The molecule has 3 nitrogen and oxygen atoms in total. The highest BCUT2D eigenvalue weighted by molar-refractivity contribution is 6.30. The van der Waals surface area contributed by atoms with Crippen LogP contribution >= 0.6 is 24.0 Å². The van der Waals surface area contributed by atoms with Crippen molar-refractivity contribution in [3.63, 3.8) is 0 Å². The van der Waals surface area contributed by atoms with Crippen LogP contribution in [0.4, 0.5) is 0 Å². The molecule has 2 atom stereocenters. The van der Waals surface area contributed by atoms with Crippen molar-refractivity contribution in [1.29, 1.82) is 0 Å². The van der Waals surface area contributed by atoms with Gasteiger partial charge in [0.15, 0.2) is 0 Å². The van der Waals surface area contributed by atoms with Crippen LogP contribution in [-0.4, -0.2) is 25.0 Å². The van der Waals surface area contributed by atoms with E-state index in [9.17, 15) is 4.79 Å². The molecule has 2 N–H and O–H groups in total. The van der Waals surface area contributed by atoms with Crippen molar-refractivity contribution in [2.45, 2.75) is 56.9 Å². The average Bonchev–Trinajstić information content (AvgIpc) is 2.57. The molecule has 2 unspecified atom stereocenters. The molecule has 1 saturated heterocycles. The van der Waals surface area contributed by atoms with Gasteiger partial charge in [0.1, 0.15) is 0 Å². The van der Waals surface area contributed by atoms with Crippen LogP contribution in [0.1, 0.15) is 51.0 Å². The van der Waals surface area contributed by atoms with Gasteiger partial charge in [-0.15, -0.1) is 12.4 Å². The molecule has 1 aromatic carbocycles. The number of amides is 1. The SMILES string of the molecule is CC1CNCCC1NC(=O)C1(c2cccc(Cl)c2)CCCCC1.Cl. The van der Waals surface area contributed by atoms with Crippen LogP contribution < -0.4 is 10.6 Å². The first-order chi connectivity index (χ1) is 11.1. The molecule has 0 radical (unpaired) electrons. The van der Waals surface area contributed by atoms with Crippen LogP contribution in [0.5, 0.6) is 0 Å². The summed E-state index contributed by atoms with van der Waals surface area (Å²) < 4.78 is 0. The summed E-state index contributed by atoms with van der Waals surface area (Å²) >= 11 is 6.21. The summed E-state index contributed by atoms with van der Waals surface area (Å²) in [6.45, 7) is 4.18. The third kappa shape index (κ3) is 4.07. The first kappa shape index (κ1) is 19.6. The molecule has 24 heavy (non-hydrogen) atoms. The Balaban J connectivity index is 0.00000208. The largest absolute Gasteiger partial charge is 0.352 e. The molecule has 1 saturated carbocycles. The maximum atomic E-state index is 13.3. The first-order valence-corrected chi connectivity index (χ1v) is 9.27. The van der Waals surface area contributed by atoms with E-state index in [0.29, 0.717) is 5.92 Å². The quantitative estimate of drug-likeness (QED) is 0.841. The van der Waals surface area contributed by atoms with Gasteiger partial charge in [-0.2, -0.15) is 0 Å². The van der Waals surface area contributed by atoms with E-state index >= 15 is 0 Å². The highest BCUT2D eigenvalue weighted by Gasteiger charge is 2.42. The highest BCUT2D eigenvalue weighted by Crippen LogP contribution is 2.40. The minimum Gasteiger partial charge on any atom is -0.352 e. The lowest BCUT2D eigenvalue weighted by molar-refractivity contribution is -0.129. The Morgan fingerprint density at radius 3 is 2.71 bits per heavy atom. The second-order valence-corrected chi connectivity index (χ2v) is 7.64. The Labute approximate surface area is 156 Å². The molecule has 2 fully saturated rings. The standard InChI is InChI=1S/C19H27ClN2O.ClH/c1-14-13-21-11-8-17(14)22-18(23)19(9-3-2-4-10-19)15-6-5-7-16(20)12-15;/h5-7,12,14,17,21H,2-4,8-11,13H2,1H3,(H,22,23);1H. The van der Waals surface area contributed by atoms with E-state index in [0.717, 1.165) is 55.8 Å². The van der Waals surface area contributed by atoms with Gasteiger partial charge in [-0.1, -0.05) is 49.9 Å². The van der Waals surface area contributed by atoms with Crippen molar-refractivity contribution in [3.05, 3.63) is 34.9 Å². The van der Waals surface area contributed by atoms with Crippen LogP contribution in [0.2, 0.25) is 5.02 Å². The number of rotatable bonds is 3. The lowest BCUT2D eigenvalue weighted by Gasteiger charge is -2.39. The molecule has 1 amide bonds. The van der Waals surface area contributed by atoms with Gasteiger partial charge in [0.05, 0.1) is 5.41 Å². The fraction of sp³-hybridized carbons (Fsp3) is 0.632. The predicted molar refractivity (Wildman–Crippen MR) is 102 cm³/mol. The van der Waals surface area contributed by atoms with E-state index in [1.54, 1.807) is 0 Å². The molecule has 0 aromatic heterocycles. The Morgan fingerprint density at radius 2 is 2.04 bits per heavy atom. The average molecular weight is 371 g/mol. The predicted octanol–water partition coefficient (Wildman–Crippen LogP) is 4.08. The molecular formula is C19H28Cl2N2O. The molecule has 1 aliphatic heterocycles. The summed E-state index contributed by atoms with van der Waals surface area (Å²) in [6, 6.07) is 8.19. The normalized spacial score (nSPS) is 26.2. The maximum Gasteiger partial charge on any atom is 0.230 e. The smallest absolute Gasteiger partial charge is 0.230 e. The van der Waals surface area contributed by atoms with Gasteiger partial charge in [0.2, 0.25) is 5.91 Å². The number of hydrogen-bond acceptors (Lipinski definition) is 2. The molecular weight excluding hydrogens is 343 g/mol. The number of carbonyl (C=O) groups is 1. The van der Waals surface area contributed by atoms with E-state index in [1.807, 2.05) is 18.2 Å². The zero-order valence-electron chi connectivity index (χ0n) is 14.3. The molecule has 134 valence electrons. The lowest BCUT2D eigenvalue weighted by atomic mass is 9.68. The number of hydrogen-bond donors (Lipinski definition) is 2. The summed E-state index contributed by atoms with van der Waals surface area (Å²) in [7, 11) is 0. The Bertz CT molecular complexity index is 558. The van der Waals surface area contributed by atoms with Crippen molar-refractivity contribution in [1.82, 2.24) is 10.6 Å². The van der Waals surface area contributed by atoms with E-state index in [1.165, 1.54) is 6.42 Å². The van der Waals surface area contributed by atoms with Crippen LogP contribution in [-0.2, 0) is 10.2 Å². The number of benzene rings is 1. The second-order valence-electron chi connectivity index (χ2n) is 7.20. The van der Waals surface area contributed by atoms with E-state index < -0.39 is 5.41 Å². The summed E-state index contributed by atoms with van der Waals surface area (Å²) in [5, 5.41) is 7.49. The van der Waals surface area contributed by atoms with E-state index in [-0.39, 0.29) is 24.4 Å². The molecule has 2 aliphatic rings. The zero-order chi connectivity index (χ0) is 16.3. The number of carbonyl (C=O) groups excluding carboxylic acids is 1. The molecule has 0 bridgehead atoms. The van der Waals surface area contributed by atoms with Crippen LogP contribution in [0, 0.1) is 5.92 Å².